The molecule has 0 rings (SSSR count). The predicted molar refractivity (Wildman–Crippen MR) is 53.6 cm³/mol. The third-order valence-electron chi connectivity index (χ3n) is 0.888. The van der Waals surface area contributed by atoms with E-state index in [1.165, 1.54) is 11.1 Å². The van der Waals surface area contributed by atoms with Crippen LogP contribution in [0, 0.1) is 0 Å². The Kier molecular flexibility index (Phi) is 10.9. The van der Waals surface area contributed by atoms with Crippen LogP contribution in [0.5, 0.6) is 0 Å². The fourth-order valence-electron chi connectivity index (χ4n) is 0.725. The number of nitrogens with one attached hydrogen (secondary N) is 1. The van der Waals surface area contributed by atoms with Crippen LogP contribution in [0.2, 0.25) is 0 Å². The van der Waals surface area contributed by atoms with Gasteiger partial charge in [-0.2, -0.15) is 0 Å². The van der Waals surface area contributed by atoms with E-state index in [4.69, 9.17) is 0 Å². The zero-order valence-corrected chi connectivity index (χ0v) is 8.65. The molecule has 0 spiro atoms. The fraction of sp³-hybridized carbons (Fsp3) is 0.600. The summed E-state index contributed by atoms with van der Waals surface area (Å²) in [7, 11) is 1.91. The molecular weight excluding hydrogens is 134 g/mol. The van der Waals surface area contributed by atoms with Crippen molar-refractivity contribution in [1.82, 2.24) is 5.32 Å². The zero-order valence-electron chi connectivity index (χ0n) is 8.65. The summed E-state index contributed by atoms with van der Waals surface area (Å²) in [4.78, 5) is 0. The van der Waals surface area contributed by atoms with Crippen LogP contribution in [0.3, 0.4) is 0 Å². The maximum atomic E-state index is 2.97. The van der Waals surface area contributed by atoms with Crippen LogP contribution in [0.15, 0.2) is 23.4 Å². The smallest absolute Gasteiger partial charge is 0.00277 e. The molecule has 1 nitrogen and oxygen atoms in total. The lowest BCUT2D eigenvalue weighted by atomic mass is 10.2. The third-order valence-corrected chi connectivity index (χ3v) is 0.888. The van der Waals surface area contributed by atoms with E-state index in [2.05, 4.69) is 32.2 Å². The van der Waals surface area contributed by atoms with E-state index in [-0.39, 0.29) is 0 Å². The van der Waals surface area contributed by atoms with Crippen molar-refractivity contribution in [1.29, 1.82) is 0 Å². The molecule has 0 atom stereocenters. The molecule has 1 N–H and O–H groups in total. The van der Waals surface area contributed by atoms with Crippen LogP contribution in [-0.4, -0.2) is 7.05 Å². The lowest BCUT2D eigenvalue weighted by molar-refractivity contribution is 1.08. The van der Waals surface area contributed by atoms with Gasteiger partial charge in [0.15, 0.2) is 0 Å². The molecule has 0 aliphatic heterocycles. The minimum Gasteiger partial charge on any atom is -0.394 e. The molecule has 0 aromatic carbocycles. The minimum atomic E-state index is 1.26. The molecule has 1 heteroatoms. The van der Waals surface area contributed by atoms with Crippen molar-refractivity contribution in [3.05, 3.63) is 23.4 Å². The average molecular weight is 155 g/mol. The summed E-state index contributed by atoms with van der Waals surface area (Å²) in [6.07, 6.45) is 4.11. The van der Waals surface area contributed by atoms with E-state index in [0.29, 0.717) is 0 Å². The van der Waals surface area contributed by atoms with Gasteiger partial charge >= 0.3 is 0 Å². The molecule has 0 saturated carbocycles. The van der Waals surface area contributed by atoms with E-state index >= 15 is 0 Å². The molecule has 66 valence electrons. The van der Waals surface area contributed by atoms with Gasteiger partial charge in [-0.05, 0) is 32.5 Å². The Bertz CT molecular complexity index is 128. The summed E-state index contributed by atoms with van der Waals surface area (Å²) in [6, 6.07) is 0. The summed E-state index contributed by atoms with van der Waals surface area (Å²) >= 11 is 0. The van der Waals surface area contributed by atoms with E-state index in [1.54, 1.807) is 0 Å². The fourth-order valence-corrected chi connectivity index (χ4v) is 0.725. The van der Waals surface area contributed by atoms with Gasteiger partial charge in [0.1, 0.15) is 0 Å². The Hall–Kier alpha value is -0.720. The van der Waals surface area contributed by atoms with Crippen molar-refractivity contribution in [3.63, 3.8) is 0 Å². The third kappa shape index (κ3) is 12.5. The summed E-state index contributed by atoms with van der Waals surface area (Å²) in [5.41, 5.74) is 2.59. The van der Waals surface area contributed by atoms with Crippen molar-refractivity contribution in [3.8, 4) is 0 Å². The second-order valence-corrected chi connectivity index (χ2v) is 2.40. The molecule has 0 aromatic rings. The molecular formula is C10H21N. The maximum absolute atomic E-state index is 2.97. The second-order valence-electron chi connectivity index (χ2n) is 2.40. The number of rotatable bonds is 2. The molecule has 0 amide bonds. The molecule has 0 radical (unpaired) electrons. The highest BCUT2D eigenvalue weighted by atomic mass is 14.8. The molecule has 0 aliphatic rings. The normalized spacial score (nSPS) is 9.45. The van der Waals surface area contributed by atoms with Crippen LogP contribution in [0.4, 0.5) is 0 Å². The summed E-state index contributed by atoms with van der Waals surface area (Å²) in [5, 5.41) is 2.97. The number of allylic oxidation sites excluding steroid dienone is 3. The Morgan fingerprint density at radius 3 is 1.82 bits per heavy atom. The van der Waals surface area contributed by atoms with E-state index in [0.717, 1.165) is 0 Å². The largest absolute Gasteiger partial charge is 0.394 e. The molecule has 0 unspecified atom stereocenters. The van der Waals surface area contributed by atoms with Crippen molar-refractivity contribution >= 4 is 0 Å². The van der Waals surface area contributed by atoms with Crippen molar-refractivity contribution in [2.24, 2.45) is 0 Å². The molecule has 0 bridgehead atoms. The maximum Gasteiger partial charge on any atom is 0.00277 e. The topological polar surface area (TPSA) is 12.0 Å². The SMILES string of the molecule is CC.CN/C=C(/C)C=C(C)C. The van der Waals surface area contributed by atoms with Gasteiger partial charge in [0, 0.05) is 7.05 Å². The Balaban J connectivity index is 0. The van der Waals surface area contributed by atoms with Gasteiger partial charge < -0.3 is 5.32 Å². The van der Waals surface area contributed by atoms with Gasteiger partial charge in [-0.15, -0.1) is 0 Å². The van der Waals surface area contributed by atoms with Crippen LogP contribution in [0.1, 0.15) is 34.6 Å². The number of hydrogen-bond acceptors (Lipinski definition) is 1. The minimum absolute atomic E-state index is 1.26. The predicted octanol–water partition coefficient (Wildman–Crippen LogP) is 3.10. The first kappa shape index (κ1) is 12.9. The zero-order chi connectivity index (χ0) is 9.28. The second kappa shape index (κ2) is 9.28. The highest BCUT2D eigenvalue weighted by Gasteiger charge is 1.79. The molecule has 0 fully saturated rings. The molecule has 0 saturated heterocycles. The first-order valence-corrected chi connectivity index (χ1v) is 4.15. The van der Waals surface area contributed by atoms with Gasteiger partial charge in [-0.3, -0.25) is 0 Å². The summed E-state index contributed by atoms with van der Waals surface area (Å²) < 4.78 is 0. The van der Waals surface area contributed by atoms with Gasteiger partial charge in [0.05, 0.1) is 0 Å². The molecule has 0 aromatic heterocycles. The molecule has 11 heavy (non-hydrogen) atoms. The van der Waals surface area contributed by atoms with Crippen molar-refractivity contribution in [2.45, 2.75) is 34.6 Å². The lowest BCUT2D eigenvalue weighted by Crippen LogP contribution is -1.93. The van der Waals surface area contributed by atoms with Crippen LogP contribution >= 0.6 is 0 Å². The Labute approximate surface area is 71.2 Å². The monoisotopic (exact) mass is 155 g/mol. The summed E-state index contributed by atoms with van der Waals surface area (Å²) in [6.45, 7) is 10.3. The lowest BCUT2D eigenvalue weighted by Gasteiger charge is -1.92. The quantitative estimate of drug-likeness (QED) is 0.604. The van der Waals surface area contributed by atoms with Crippen LogP contribution < -0.4 is 5.32 Å². The highest BCUT2D eigenvalue weighted by molar-refractivity contribution is 5.18. The van der Waals surface area contributed by atoms with Gasteiger partial charge in [-0.1, -0.05) is 25.5 Å². The number of hydrogen-bond donors (Lipinski definition) is 1. The first-order chi connectivity index (χ1) is 5.16. The van der Waals surface area contributed by atoms with Crippen molar-refractivity contribution < 1.29 is 0 Å². The van der Waals surface area contributed by atoms with E-state index < -0.39 is 0 Å². The van der Waals surface area contributed by atoms with Gasteiger partial charge in [0.2, 0.25) is 0 Å². The van der Waals surface area contributed by atoms with Crippen molar-refractivity contribution in [2.75, 3.05) is 7.05 Å². The van der Waals surface area contributed by atoms with Gasteiger partial charge in [-0.25, -0.2) is 0 Å². The van der Waals surface area contributed by atoms with E-state index in [1.807, 2.05) is 27.1 Å². The molecule has 0 heterocycles. The Morgan fingerprint density at radius 1 is 1.09 bits per heavy atom. The first-order valence-electron chi connectivity index (χ1n) is 4.15. The van der Waals surface area contributed by atoms with E-state index in [9.17, 15) is 0 Å². The summed E-state index contributed by atoms with van der Waals surface area (Å²) in [5.74, 6) is 0. The standard InChI is InChI=1S/C8H15N.C2H6/c1-7(2)5-8(3)6-9-4;1-2/h5-6,9H,1-4H3;1-2H3/b8-6-;. The highest BCUT2D eigenvalue weighted by Crippen LogP contribution is 1.97. The van der Waals surface area contributed by atoms with Crippen LogP contribution in [0.25, 0.3) is 0 Å². The Morgan fingerprint density at radius 2 is 1.55 bits per heavy atom. The average Bonchev–Trinajstić information content (AvgIpc) is 1.91. The van der Waals surface area contributed by atoms with Crippen LogP contribution in [-0.2, 0) is 0 Å². The molecule has 0 aliphatic carbocycles. The van der Waals surface area contributed by atoms with Gasteiger partial charge in [0.25, 0.3) is 0 Å².